The van der Waals surface area contributed by atoms with Gasteiger partial charge in [-0.05, 0) is 18.6 Å². The number of rotatable bonds is 1. The Labute approximate surface area is 87.0 Å². The van der Waals surface area contributed by atoms with E-state index in [-0.39, 0.29) is 29.6 Å². The van der Waals surface area contributed by atoms with Crippen molar-refractivity contribution in [3.63, 3.8) is 0 Å². The normalized spacial score (nSPS) is 25.9. The Balaban J connectivity index is 0.000000810. The molecule has 1 rings (SSSR count). The maximum absolute atomic E-state index is 10.3. The van der Waals surface area contributed by atoms with Crippen molar-refractivity contribution < 1.29 is 42.5 Å². The van der Waals surface area contributed by atoms with Crippen LogP contribution in [-0.2, 0) is 10.1 Å². The van der Waals surface area contributed by atoms with Crippen molar-refractivity contribution in [2.24, 2.45) is 0 Å². The minimum Gasteiger partial charge on any atom is -0.747 e. The molecule has 0 aromatic carbocycles. The van der Waals surface area contributed by atoms with Crippen LogP contribution in [0, 0.1) is 0 Å². The first-order chi connectivity index (χ1) is 4.11. The molecular weight excluding hydrogens is 183 g/mol. The van der Waals surface area contributed by atoms with Crippen LogP contribution in [0.5, 0.6) is 0 Å². The maximum Gasteiger partial charge on any atom is 1.00 e. The SMILES string of the molecule is O=S(=O)([O-])C1CCCS1.[Na+]. The van der Waals surface area contributed by atoms with E-state index in [0.717, 1.165) is 12.2 Å². The van der Waals surface area contributed by atoms with Crippen molar-refractivity contribution in [3.05, 3.63) is 0 Å². The van der Waals surface area contributed by atoms with Crippen LogP contribution in [0.4, 0.5) is 0 Å². The zero-order chi connectivity index (χ0) is 6.91. The average molecular weight is 190 g/mol. The van der Waals surface area contributed by atoms with E-state index in [1.54, 1.807) is 0 Å². The summed E-state index contributed by atoms with van der Waals surface area (Å²) in [5, 5.41) is 0. The van der Waals surface area contributed by atoms with Gasteiger partial charge >= 0.3 is 29.6 Å². The Hall–Kier alpha value is 1.26. The molecule has 10 heavy (non-hydrogen) atoms. The van der Waals surface area contributed by atoms with Crippen molar-refractivity contribution in [1.29, 1.82) is 0 Å². The largest absolute Gasteiger partial charge is 1.00 e. The van der Waals surface area contributed by atoms with Gasteiger partial charge in [-0.1, -0.05) is 0 Å². The summed E-state index contributed by atoms with van der Waals surface area (Å²) in [7, 11) is -3.99. The topological polar surface area (TPSA) is 57.2 Å². The van der Waals surface area contributed by atoms with Gasteiger partial charge in [-0.2, -0.15) is 0 Å². The van der Waals surface area contributed by atoms with Crippen LogP contribution in [0.3, 0.4) is 0 Å². The van der Waals surface area contributed by atoms with Crippen LogP contribution in [-0.4, -0.2) is 23.3 Å². The summed E-state index contributed by atoms with van der Waals surface area (Å²) in [5.41, 5.74) is 0. The first kappa shape index (κ1) is 11.3. The molecule has 0 radical (unpaired) electrons. The standard InChI is InChI=1S/C4H8O3S2.Na/c5-9(6,7)4-2-1-3-8-4;/h4H,1-3H2,(H,5,6,7);/q;+1/p-1. The maximum atomic E-state index is 10.3. The van der Waals surface area contributed by atoms with Crippen molar-refractivity contribution in [3.8, 4) is 0 Å². The zero-order valence-corrected chi connectivity index (χ0v) is 9.37. The number of hydrogen-bond donors (Lipinski definition) is 0. The van der Waals surface area contributed by atoms with Crippen molar-refractivity contribution in [1.82, 2.24) is 0 Å². The van der Waals surface area contributed by atoms with E-state index in [1.165, 1.54) is 11.8 Å². The molecule has 0 aromatic rings. The fourth-order valence-corrected chi connectivity index (χ4v) is 3.12. The van der Waals surface area contributed by atoms with Crippen LogP contribution >= 0.6 is 11.8 Å². The summed E-state index contributed by atoms with van der Waals surface area (Å²) in [5.74, 6) is 0.812. The van der Waals surface area contributed by atoms with Gasteiger partial charge in [-0.25, -0.2) is 8.42 Å². The van der Waals surface area contributed by atoms with E-state index in [9.17, 15) is 13.0 Å². The molecule has 6 heteroatoms. The quantitative estimate of drug-likeness (QED) is 0.336. The fraction of sp³-hybridized carbons (Fsp3) is 1.00. The predicted octanol–water partition coefficient (Wildman–Crippen LogP) is -2.61. The van der Waals surface area contributed by atoms with E-state index in [2.05, 4.69) is 0 Å². The second kappa shape index (κ2) is 4.33. The Kier molecular flexibility index (Phi) is 4.87. The van der Waals surface area contributed by atoms with E-state index in [4.69, 9.17) is 0 Å². The Morgan fingerprint density at radius 3 is 2.30 bits per heavy atom. The second-order valence-corrected chi connectivity index (χ2v) is 5.10. The van der Waals surface area contributed by atoms with Crippen LogP contribution in [0.1, 0.15) is 12.8 Å². The Bertz CT molecular complexity index is 183. The first-order valence-corrected chi connectivity index (χ1v) is 5.19. The van der Waals surface area contributed by atoms with Crippen molar-refractivity contribution >= 4 is 21.9 Å². The number of hydrogen-bond acceptors (Lipinski definition) is 4. The second-order valence-electron chi connectivity index (χ2n) is 1.94. The van der Waals surface area contributed by atoms with Gasteiger partial charge in [0.1, 0.15) is 10.1 Å². The van der Waals surface area contributed by atoms with Gasteiger partial charge < -0.3 is 4.55 Å². The van der Waals surface area contributed by atoms with E-state index >= 15 is 0 Å². The molecule has 1 aliphatic rings. The Morgan fingerprint density at radius 2 is 2.10 bits per heavy atom. The summed E-state index contributed by atoms with van der Waals surface area (Å²) < 4.78 is 30.1. The van der Waals surface area contributed by atoms with Gasteiger partial charge in [0, 0.05) is 0 Å². The third-order valence-electron chi connectivity index (χ3n) is 1.21. The molecule has 0 bridgehead atoms. The molecule has 0 N–H and O–H groups in total. The number of thioether (sulfide) groups is 1. The van der Waals surface area contributed by atoms with E-state index < -0.39 is 14.7 Å². The van der Waals surface area contributed by atoms with Crippen molar-refractivity contribution in [2.75, 3.05) is 5.75 Å². The van der Waals surface area contributed by atoms with Crippen molar-refractivity contribution in [2.45, 2.75) is 17.4 Å². The summed E-state index contributed by atoms with van der Waals surface area (Å²) in [6.07, 6.45) is 1.40. The zero-order valence-electron chi connectivity index (χ0n) is 5.74. The van der Waals surface area contributed by atoms with Crippen LogP contribution < -0.4 is 29.6 Å². The summed E-state index contributed by atoms with van der Waals surface area (Å²) in [6.45, 7) is 0. The van der Waals surface area contributed by atoms with E-state index in [1.807, 2.05) is 0 Å². The Morgan fingerprint density at radius 1 is 1.50 bits per heavy atom. The third kappa shape index (κ3) is 3.11. The van der Waals surface area contributed by atoms with Crippen LogP contribution in [0.15, 0.2) is 0 Å². The molecule has 54 valence electrons. The minimum atomic E-state index is -3.99. The molecule has 0 saturated carbocycles. The molecule has 3 nitrogen and oxygen atoms in total. The third-order valence-corrected chi connectivity index (χ3v) is 4.34. The van der Waals surface area contributed by atoms with Gasteiger partial charge in [0.05, 0.1) is 4.58 Å². The molecule has 1 atom stereocenters. The van der Waals surface area contributed by atoms with Gasteiger partial charge in [-0.3, -0.25) is 0 Å². The van der Waals surface area contributed by atoms with Crippen LogP contribution in [0.2, 0.25) is 0 Å². The van der Waals surface area contributed by atoms with E-state index in [0.29, 0.717) is 6.42 Å². The monoisotopic (exact) mass is 190 g/mol. The fourth-order valence-electron chi connectivity index (χ4n) is 0.776. The molecule has 1 unspecified atom stereocenters. The molecule has 1 heterocycles. The average Bonchev–Trinajstić information content (AvgIpc) is 2.08. The molecule has 0 aromatic heterocycles. The molecule has 0 amide bonds. The van der Waals surface area contributed by atoms with Crippen LogP contribution in [0.25, 0.3) is 0 Å². The molecule has 1 saturated heterocycles. The molecular formula is C4H7NaO3S2. The first-order valence-electron chi connectivity index (χ1n) is 2.67. The van der Waals surface area contributed by atoms with Gasteiger partial charge in [-0.15, -0.1) is 11.8 Å². The smallest absolute Gasteiger partial charge is 0.747 e. The molecule has 1 fully saturated rings. The molecule has 0 spiro atoms. The van der Waals surface area contributed by atoms with Gasteiger partial charge in [0.25, 0.3) is 0 Å². The molecule has 1 aliphatic heterocycles. The summed E-state index contributed by atoms with van der Waals surface area (Å²) in [4.78, 5) is 0. The molecule has 0 aliphatic carbocycles. The summed E-state index contributed by atoms with van der Waals surface area (Å²) >= 11 is 1.25. The van der Waals surface area contributed by atoms with Gasteiger partial charge in [0.2, 0.25) is 0 Å². The van der Waals surface area contributed by atoms with Gasteiger partial charge in [0.15, 0.2) is 0 Å². The minimum absolute atomic E-state index is 0. The summed E-state index contributed by atoms with van der Waals surface area (Å²) in [6, 6.07) is 0. The predicted molar refractivity (Wildman–Crippen MR) is 35.2 cm³/mol.